The van der Waals surface area contributed by atoms with Gasteiger partial charge < -0.3 is 5.32 Å². The summed E-state index contributed by atoms with van der Waals surface area (Å²) in [5, 5.41) is 4.66. The van der Waals surface area contributed by atoms with Gasteiger partial charge in [-0.1, -0.05) is 17.7 Å². The van der Waals surface area contributed by atoms with Crippen molar-refractivity contribution in [2.75, 3.05) is 5.32 Å². The topological polar surface area (TPSA) is 42.0 Å². The Kier molecular flexibility index (Phi) is 3.68. The van der Waals surface area contributed by atoms with E-state index in [0.29, 0.717) is 10.6 Å². The van der Waals surface area contributed by atoms with E-state index in [1.54, 1.807) is 6.92 Å². The highest BCUT2D eigenvalue weighted by Crippen LogP contribution is 2.30. The van der Waals surface area contributed by atoms with Crippen LogP contribution in [-0.4, -0.2) is 10.2 Å². The monoisotopic (exact) mass is 280 g/mol. The number of Topliss-reactive ketones (excluding diaryl/α,β-unsaturated/α-hetero) is 1. The normalized spacial score (nSPS) is 10.4. The SMILES string of the molecule is CC(=O)c1c(C)nsc1Nc1cc(Cl)ccc1C. The van der Waals surface area contributed by atoms with E-state index >= 15 is 0 Å². The van der Waals surface area contributed by atoms with E-state index in [-0.39, 0.29) is 5.78 Å². The minimum absolute atomic E-state index is 0.0171. The van der Waals surface area contributed by atoms with Gasteiger partial charge >= 0.3 is 0 Å². The highest BCUT2D eigenvalue weighted by Gasteiger charge is 2.15. The Labute approximate surface area is 115 Å². The van der Waals surface area contributed by atoms with Gasteiger partial charge in [-0.05, 0) is 50.0 Å². The van der Waals surface area contributed by atoms with Gasteiger partial charge in [0, 0.05) is 10.7 Å². The lowest BCUT2D eigenvalue weighted by Crippen LogP contribution is -1.99. The van der Waals surface area contributed by atoms with Crippen molar-refractivity contribution in [2.45, 2.75) is 20.8 Å². The summed E-state index contributed by atoms with van der Waals surface area (Å²) in [6.07, 6.45) is 0. The molecule has 0 atom stereocenters. The fourth-order valence-electron chi connectivity index (χ4n) is 1.72. The van der Waals surface area contributed by atoms with Crippen molar-refractivity contribution >= 4 is 39.6 Å². The second-order valence-electron chi connectivity index (χ2n) is 4.11. The van der Waals surface area contributed by atoms with Crippen molar-refractivity contribution < 1.29 is 4.79 Å². The minimum Gasteiger partial charge on any atom is -0.345 e. The third-order valence-corrected chi connectivity index (χ3v) is 3.75. The quantitative estimate of drug-likeness (QED) is 0.850. The van der Waals surface area contributed by atoms with Gasteiger partial charge in [0.05, 0.1) is 11.3 Å². The summed E-state index contributed by atoms with van der Waals surface area (Å²) in [4.78, 5) is 11.6. The Bertz CT molecular complexity index is 607. The van der Waals surface area contributed by atoms with Gasteiger partial charge in [0.1, 0.15) is 5.00 Å². The highest BCUT2D eigenvalue weighted by molar-refractivity contribution is 7.10. The zero-order valence-corrected chi connectivity index (χ0v) is 11.9. The van der Waals surface area contributed by atoms with Crippen LogP contribution in [0.1, 0.15) is 28.5 Å². The van der Waals surface area contributed by atoms with Crippen LogP contribution in [0.4, 0.5) is 10.7 Å². The van der Waals surface area contributed by atoms with Crippen LogP contribution in [0, 0.1) is 13.8 Å². The van der Waals surface area contributed by atoms with Gasteiger partial charge in [-0.3, -0.25) is 4.79 Å². The van der Waals surface area contributed by atoms with E-state index in [1.807, 2.05) is 32.0 Å². The molecule has 1 aromatic heterocycles. The van der Waals surface area contributed by atoms with Crippen LogP contribution >= 0.6 is 23.1 Å². The average Bonchev–Trinajstić information content (AvgIpc) is 2.65. The molecule has 0 bridgehead atoms. The molecule has 0 fully saturated rings. The van der Waals surface area contributed by atoms with Crippen LogP contribution < -0.4 is 5.32 Å². The summed E-state index contributed by atoms with van der Waals surface area (Å²) in [7, 11) is 0. The number of carbonyl (C=O) groups excluding carboxylic acids is 1. The second-order valence-corrected chi connectivity index (χ2v) is 5.32. The predicted molar refractivity (Wildman–Crippen MR) is 76.3 cm³/mol. The van der Waals surface area contributed by atoms with E-state index in [0.717, 1.165) is 21.9 Å². The zero-order chi connectivity index (χ0) is 13.3. The number of aromatic nitrogens is 1. The summed E-state index contributed by atoms with van der Waals surface area (Å²) in [6.45, 7) is 5.37. The lowest BCUT2D eigenvalue weighted by molar-refractivity contribution is 0.101. The predicted octanol–water partition coefficient (Wildman–Crippen LogP) is 4.36. The first kappa shape index (κ1) is 13.1. The Hall–Kier alpha value is -1.39. The molecule has 0 radical (unpaired) electrons. The lowest BCUT2D eigenvalue weighted by atomic mass is 10.1. The fourth-order valence-corrected chi connectivity index (χ4v) is 2.75. The third kappa shape index (κ3) is 2.54. The maximum atomic E-state index is 11.6. The maximum Gasteiger partial charge on any atom is 0.164 e. The summed E-state index contributed by atoms with van der Waals surface area (Å²) in [6, 6.07) is 5.62. The molecular weight excluding hydrogens is 268 g/mol. The number of aryl methyl sites for hydroxylation is 2. The summed E-state index contributed by atoms with van der Waals surface area (Å²) >= 11 is 7.26. The van der Waals surface area contributed by atoms with Gasteiger partial charge in [0.25, 0.3) is 0 Å². The molecule has 0 aliphatic heterocycles. The molecule has 0 unspecified atom stereocenters. The summed E-state index contributed by atoms with van der Waals surface area (Å²) in [5.41, 5.74) is 3.38. The molecule has 0 aliphatic rings. The van der Waals surface area contributed by atoms with Crippen LogP contribution in [0.25, 0.3) is 0 Å². The third-order valence-electron chi connectivity index (χ3n) is 2.66. The van der Waals surface area contributed by atoms with Crippen LogP contribution in [0.15, 0.2) is 18.2 Å². The Morgan fingerprint density at radius 2 is 2.11 bits per heavy atom. The highest BCUT2D eigenvalue weighted by atomic mass is 35.5. The second kappa shape index (κ2) is 5.08. The molecule has 2 aromatic rings. The summed E-state index contributed by atoms with van der Waals surface area (Å²) in [5.74, 6) is 0.0171. The molecule has 5 heteroatoms. The lowest BCUT2D eigenvalue weighted by Gasteiger charge is -2.09. The number of halogens is 1. The van der Waals surface area contributed by atoms with Gasteiger partial charge in [0.2, 0.25) is 0 Å². The molecular formula is C13H13ClN2OS. The molecule has 94 valence electrons. The van der Waals surface area contributed by atoms with E-state index in [2.05, 4.69) is 9.69 Å². The number of nitrogens with one attached hydrogen (secondary N) is 1. The van der Waals surface area contributed by atoms with Crippen molar-refractivity contribution in [2.24, 2.45) is 0 Å². The number of anilines is 2. The van der Waals surface area contributed by atoms with Crippen molar-refractivity contribution in [3.8, 4) is 0 Å². The molecule has 0 amide bonds. The Balaban J connectivity index is 2.40. The first-order chi connectivity index (χ1) is 8.49. The van der Waals surface area contributed by atoms with Crippen molar-refractivity contribution in [3.63, 3.8) is 0 Å². The van der Waals surface area contributed by atoms with E-state index in [4.69, 9.17) is 11.6 Å². The molecule has 0 aliphatic carbocycles. The molecule has 3 nitrogen and oxygen atoms in total. The number of hydrogen-bond acceptors (Lipinski definition) is 4. The standard InChI is InChI=1S/C13H13ClN2OS/c1-7-4-5-10(14)6-11(7)15-13-12(9(3)17)8(2)16-18-13/h4-6,15H,1-3H3. The number of hydrogen-bond donors (Lipinski definition) is 1. The zero-order valence-electron chi connectivity index (χ0n) is 10.4. The number of carbonyl (C=O) groups is 1. The number of rotatable bonds is 3. The molecule has 2 rings (SSSR count). The first-order valence-corrected chi connectivity index (χ1v) is 6.64. The molecule has 1 heterocycles. The van der Waals surface area contributed by atoms with E-state index < -0.39 is 0 Å². The molecule has 18 heavy (non-hydrogen) atoms. The van der Waals surface area contributed by atoms with Crippen LogP contribution in [0.2, 0.25) is 5.02 Å². The molecule has 1 N–H and O–H groups in total. The maximum absolute atomic E-state index is 11.6. The van der Waals surface area contributed by atoms with E-state index in [1.165, 1.54) is 11.5 Å². The first-order valence-electron chi connectivity index (χ1n) is 5.49. The van der Waals surface area contributed by atoms with Gasteiger partial charge in [-0.15, -0.1) is 0 Å². The molecule has 0 saturated heterocycles. The fraction of sp³-hybridized carbons (Fsp3) is 0.231. The molecule has 0 spiro atoms. The number of benzene rings is 1. The number of nitrogens with zero attached hydrogens (tertiary/aromatic N) is 1. The Morgan fingerprint density at radius 1 is 1.39 bits per heavy atom. The van der Waals surface area contributed by atoms with Crippen LogP contribution in [0.5, 0.6) is 0 Å². The van der Waals surface area contributed by atoms with Crippen molar-refractivity contribution in [1.82, 2.24) is 4.37 Å². The van der Waals surface area contributed by atoms with Crippen LogP contribution in [0.3, 0.4) is 0 Å². The molecule has 0 saturated carbocycles. The largest absolute Gasteiger partial charge is 0.345 e. The summed E-state index contributed by atoms with van der Waals surface area (Å²) < 4.78 is 4.21. The van der Waals surface area contributed by atoms with Crippen molar-refractivity contribution in [3.05, 3.63) is 40.0 Å². The van der Waals surface area contributed by atoms with Gasteiger partial charge in [-0.25, -0.2) is 0 Å². The average molecular weight is 281 g/mol. The van der Waals surface area contributed by atoms with Gasteiger partial charge in [-0.2, -0.15) is 4.37 Å². The van der Waals surface area contributed by atoms with Gasteiger partial charge in [0.15, 0.2) is 5.78 Å². The van der Waals surface area contributed by atoms with Crippen LogP contribution in [-0.2, 0) is 0 Å². The van der Waals surface area contributed by atoms with E-state index in [9.17, 15) is 4.79 Å². The smallest absolute Gasteiger partial charge is 0.164 e. The Morgan fingerprint density at radius 3 is 2.78 bits per heavy atom. The molecule has 1 aromatic carbocycles. The van der Waals surface area contributed by atoms with Crippen molar-refractivity contribution in [1.29, 1.82) is 0 Å². The number of ketones is 1. The minimum atomic E-state index is 0.0171.